The van der Waals surface area contributed by atoms with Gasteiger partial charge < -0.3 is 16.4 Å². The molecule has 4 N–H and O–H groups in total. The van der Waals surface area contributed by atoms with Crippen molar-refractivity contribution >= 4 is 24.2 Å². The number of carbonyl (C=O) groups is 2. The van der Waals surface area contributed by atoms with E-state index in [1.54, 1.807) is 0 Å². The quantitative estimate of drug-likeness (QED) is 0.627. The lowest BCUT2D eigenvalue weighted by Crippen LogP contribution is -2.39. The van der Waals surface area contributed by atoms with E-state index in [9.17, 15) is 9.59 Å². The van der Waals surface area contributed by atoms with Crippen molar-refractivity contribution in [3.63, 3.8) is 0 Å². The molecule has 19 heavy (non-hydrogen) atoms. The number of hydrogen-bond donors (Lipinski definition) is 3. The van der Waals surface area contributed by atoms with Gasteiger partial charge in [0.05, 0.1) is 13.1 Å². The minimum absolute atomic E-state index is 0. The van der Waals surface area contributed by atoms with Crippen molar-refractivity contribution in [3.05, 3.63) is 35.9 Å². The van der Waals surface area contributed by atoms with Gasteiger partial charge >= 0.3 is 0 Å². The monoisotopic (exact) mass is 285 g/mol. The number of rotatable bonds is 7. The van der Waals surface area contributed by atoms with Gasteiger partial charge in [0.15, 0.2) is 0 Å². The van der Waals surface area contributed by atoms with E-state index < -0.39 is 0 Å². The Balaban J connectivity index is 0.00000324. The molecule has 0 aliphatic heterocycles. The molecule has 1 rings (SSSR count). The first-order valence-corrected chi connectivity index (χ1v) is 5.99. The summed E-state index contributed by atoms with van der Waals surface area (Å²) in [6.45, 7) is 0.495. The van der Waals surface area contributed by atoms with Gasteiger partial charge in [-0.1, -0.05) is 30.3 Å². The fourth-order valence-electron chi connectivity index (χ4n) is 1.48. The van der Waals surface area contributed by atoms with Gasteiger partial charge in [-0.2, -0.15) is 0 Å². The van der Waals surface area contributed by atoms with E-state index in [2.05, 4.69) is 22.8 Å². The third kappa shape index (κ3) is 8.18. The molecule has 0 aliphatic carbocycles. The van der Waals surface area contributed by atoms with Crippen LogP contribution in [-0.2, 0) is 16.0 Å². The van der Waals surface area contributed by atoms with Crippen LogP contribution in [0.2, 0.25) is 0 Å². The van der Waals surface area contributed by atoms with Gasteiger partial charge in [0, 0.05) is 6.54 Å². The standard InChI is InChI=1S/C13H19N3O2.ClH/c14-9-12(17)16-10-13(18)15-8-4-7-11-5-2-1-3-6-11;/h1-3,5-6H,4,7-10,14H2,(H,15,18)(H,16,17);1H. The van der Waals surface area contributed by atoms with Crippen molar-refractivity contribution in [2.24, 2.45) is 5.73 Å². The van der Waals surface area contributed by atoms with Crippen LogP contribution >= 0.6 is 12.4 Å². The summed E-state index contributed by atoms with van der Waals surface area (Å²) in [6.07, 6.45) is 1.80. The molecule has 0 unspecified atom stereocenters. The topological polar surface area (TPSA) is 84.2 Å². The lowest BCUT2D eigenvalue weighted by Gasteiger charge is -2.06. The Hall–Kier alpha value is -1.59. The molecule has 0 atom stereocenters. The normalized spacial score (nSPS) is 9.32. The zero-order valence-electron chi connectivity index (χ0n) is 10.7. The zero-order valence-corrected chi connectivity index (χ0v) is 11.5. The van der Waals surface area contributed by atoms with Crippen molar-refractivity contribution in [1.29, 1.82) is 0 Å². The second-order valence-corrected chi connectivity index (χ2v) is 3.92. The summed E-state index contributed by atoms with van der Waals surface area (Å²) < 4.78 is 0. The van der Waals surface area contributed by atoms with Gasteiger partial charge in [0.25, 0.3) is 0 Å². The summed E-state index contributed by atoms with van der Waals surface area (Å²) in [7, 11) is 0. The molecule has 106 valence electrons. The minimum Gasteiger partial charge on any atom is -0.355 e. The average molecular weight is 286 g/mol. The van der Waals surface area contributed by atoms with Crippen LogP contribution in [-0.4, -0.2) is 31.4 Å². The Morgan fingerprint density at radius 3 is 2.37 bits per heavy atom. The summed E-state index contributed by atoms with van der Waals surface area (Å²) >= 11 is 0. The summed E-state index contributed by atoms with van der Waals surface area (Å²) in [4.78, 5) is 22.1. The Bertz CT molecular complexity index is 385. The summed E-state index contributed by atoms with van der Waals surface area (Å²) in [6, 6.07) is 10.1. The van der Waals surface area contributed by atoms with E-state index >= 15 is 0 Å². The van der Waals surface area contributed by atoms with Crippen molar-refractivity contribution in [1.82, 2.24) is 10.6 Å². The third-order valence-electron chi connectivity index (χ3n) is 2.44. The number of amides is 2. The van der Waals surface area contributed by atoms with Crippen LogP contribution in [0, 0.1) is 0 Å². The fraction of sp³-hybridized carbons (Fsp3) is 0.385. The summed E-state index contributed by atoms with van der Waals surface area (Å²) in [5.41, 5.74) is 6.35. The molecule has 0 aromatic heterocycles. The number of carbonyl (C=O) groups excluding carboxylic acids is 2. The molecule has 0 saturated carbocycles. The van der Waals surface area contributed by atoms with E-state index in [1.807, 2.05) is 18.2 Å². The fourth-order valence-corrected chi connectivity index (χ4v) is 1.48. The number of benzene rings is 1. The molecule has 1 aromatic rings. The van der Waals surface area contributed by atoms with Crippen molar-refractivity contribution in [3.8, 4) is 0 Å². The molecule has 0 radical (unpaired) electrons. The average Bonchev–Trinajstić information content (AvgIpc) is 2.42. The number of aryl methyl sites for hydroxylation is 1. The van der Waals surface area contributed by atoms with Crippen LogP contribution in [0.1, 0.15) is 12.0 Å². The van der Waals surface area contributed by atoms with Crippen LogP contribution in [0.5, 0.6) is 0 Å². The first-order valence-electron chi connectivity index (χ1n) is 5.99. The Kier molecular flexibility index (Phi) is 9.48. The maximum atomic E-state index is 11.3. The first kappa shape index (κ1) is 17.4. The number of halogens is 1. The molecule has 0 fully saturated rings. The van der Waals surface area contributed by atoms with E-state index in [0.717, 1.165) is 12.8 Å². The Morgan fingerprint density at radius 2 is 1.74 bits per heavy atom. The summed E-state index contributed by atoms with van der Waals surface area (Å²) in [5.74, 6) is -0.515. The largest absolute Gasteiger partial charge is 0.355 e. The minimum atomic E-state index is -0.325. The van der Waals surface area contributed by atoms with Crippen molar-refractivity contribution in [2.45, 2.75) is 12.8 Å². The highest BCUT2D eigenvalue weighted by atomic mass is 35.5. The third-order valence-corrected chi connectivity index (χ3v) is 2.44. The number of hydrogen-bond acceptors (Lipinski definition) is 3. The van der Waals surface area contributed by atoms with Gasteiger partial charge in [-0.3, -0.25) is 9.59 Å². The maximum Gasteiger partial charge on any atom is 0.239 e. The predicted molar refractivity (Wildman–Crippen MR) is 77.1 cm³/mol. The van der Waals surface area contributed by atoms with Gasteiger partial charge in [-0.05, 0) is 18.4 Å². The smallest absolute Gasteiger partial charge is 0.239 e. The molecule has 0 heterocycles. The molecule has 0 spiro atoms. The van der Waals surface area contributed by atoms with Crippen LogP contribution in [0.4, 0.5) is 0 Å². The van der Waals surface area contributed by atoms with E-state index in [1.165, 1.54) is 5.56 Å². The van der Waals surface area contributed by atoms with Gasteiger partial charge in [-0.25, -0.2) is 0 Å². The molecule has 0 saturated heterocycles. The number of nitrogens with one attached hydrogen (secondary N) is 2. The van der Waals surface area contributed by atoms with Crippen LogP contribution < -0.4 is 16.4 Å². The molecule has 2 amide bonds. The zero-order chi connectivity index (χ0) is 13.2. The SMILES string of the molecule is Cl.NCC(=O)NCC(=O)NCCCc1ccccc1. The Labute approximate surface area is 119 Å². The molecular weight excluding hydrogens is 266 g/mol. The van der Waals surface area contributed by atoms with Gasteiger partial charge in [0.2, 0.25) is 11.8 Å². The Morgan fingerprint density at radius 1 is 1.05 bits per heavy atom. The van der Waals surface area contributed by atoms with Gasteiger partial charge in [0.1, 0.15) is 0 Å². The highest BCUT2D eigenvalue weighted by Crippen LogP contribution is 2.01. The van der Waals surface area contributed by atoms with Crippen LogP contribution in [0.15, 0.2) is 30.3 Å². The van der Waals surface area contributed by atoms with Crippen LogP contribution in [0.25, 0.3) is 0 Å². The molecule has 1 aromatic carbocycles. The summed E-state index contributed by atoms with van der Waals surface area (Å²) in [5, 5.41) is 5.15. The first-order chi connectivity index (χ1) is 8.72. The lowest BCUT2D eigenvalue weighted by molar-refractivity contribution is -0.125. The van der Waals surface area contributed by atoms with E-state index in [-0.39, 0.29) is 37.3 Å². The van der Waals surface area contributed by atoms with E-state index in [4.69, 9.17) is 5.73 Å². The second-order valence-electron chi connectivity index (χ2n) is 3.92. The lowest BCUT2D eigenvalue weighted by atomic mass is 10.1. The van der Waals surface area contributed by atoms with Crippen molar-refractivity contribution in [2.75, 3.05) is 19.6 Å². The second kappa shape index (κ2) is 10.3. The van der Waals surface area contributed by atoms with Gasteiger partial charge in [-0.15, -0.1) is 12.4 Å². The van der Waals surface area contributed by atoms with Crippen LogP contribution in [0.3, 0.4) is 0 Å². The van der Waals surface area contributed by atoms with Crippen molar-refractivity contribution < 1.29 is 9.59 Å². The molecule has 6 heteroatoms. The molecular formula is C13H20ClN3O2. The highest BCUT2D eigenvalue weighted by molar-refractivity contribution is 5.85. The highest BCUT2D eigenvalue weighted by Gasteiger charge is 2.02. The predicted octanol–water partition coefficient (Wildman–Crippen LogP) is 0.232. The maximum absolute atomic E-state index is 11.3. The molecule has 0 aliphatic rings. The van der Waals surface area contributed by atoms with E-state index in [0.29, 0.717) is 6.54 Å². The molecule has 5 nitrogen and oxygen atoms in total. The number of nitrogens with two attached hydrogens (primary N) is 1. The molecule has 0 bridgehead atoms.